The number of likely N-dealkylation sites (N-methyl/N-ethyl adjacent to an activating group) is 1. The van der Waals surface area contributed by atoms with Gasteiger partial charge in [-0.05, 0) is 25.1 Å². The van der Waals surface area contributed by atoms with E-state index in [-0.39, 0.29) is 18.2 Å². The second kappa shape index (κ2) is 5.12. The van der Waals surface area contributed by atoms with Crippen LogP contribution >= 0.6 is 0 Å². The Morgan fingerprint density at radius 3 is 2.56 bits per heavy atom. The number of aliphatic hydroxyl groups is 1. The fraction of sp³-hybridized carbons (Fsp3) is 0.455. The lowest BCUT2D eigenvalue weighted by atomic mass is 10.1. The summed E-state index contributed by atoms with van der Waals surface area (Å²) in [7, 11) is 1.66. The molecule has 0 amide bonds. The number of aliphatic hydroxyl groups excluding tert-OH is 1. The molecule has 0 saturated heterocycles. The summed E-state index contributed by atoms with van der Waals surface area (Å²) in [6, 6.07) is 4.16. The van der Waals surface area contributed by atoms with Gasteiger partial charge in [0, 0.05) is 30.0 Å². The zero-order valence-electron chi connectivity index (χ0n) is 9.32. The molecule has 0 aliphatic carbocycles. The molecule has 0 aromatic heterocycles. The van der Waals surface area contributed by atoms with E-state index < -0.39 is 6.43 Å². The van der Waals surface area contributed by atoms with Crippen LogP contribution in [-0.4, -0.2) is 24.8 Å². The van der Waals surface area contributed by atoms with Crippen molar-refractivity contribution < 1.29 is 13.9 Å². The van der Waals surface area contributed by atoms with Crippen molar-refractivity contribution in [1.29, 1.82) is 0 Å². The number of nitrogen functional groups attached to an aromatic ring is 1. The average molecular weight is 230 g/mol. The van der Waals surface area contributed by atoms with E-state index in [9.17, 15) is 8.78 Å². The third-order valence-corrected chi connectivity index (χ3v) is 2.59. The lowest BCUT2D eigenvalue weighted by Gasteiger charge is -2.27. The predicted octanol–water partition coefficient (Wildman–Crippen LogP) is 2.02. The third kappa shape index (κ3) is 2.61. The van der Waals surface area contributed by atoms with Crippen LogP contribution < -0.4 is 10.6 Å². The van der Waals surface area contributed by atoms with Gasteiger partial charge in [-0.15, -0.1) is 0 Å². The van der Waals surface area contributed by atoms with Gasteiger partial charge in [0.05, 0.1) is 6.61 Å². The minimum Gasteiger partial charge on any atom is -0.399 e. The highest BCUT2D eigenvalue weighted by Gasteiger charge is 2.18. The predicted molar refractivity (Wildman–Crippen MR) is 60.8 cm³/mol. The number of nitrogens with zero attached hydrogens (tertiary/aromatic N) is 1. The van der Waals surface area contributed by atoms with Crippen molar-refractivity contribution in [3.05, 3.63) is 23.8 Å². The molecular weight excluding hydrogens is 214 g/mol. The Bertz CT molecular complexity index is 358. The van der Waals surface area contributed by atoms with Crippen LogP contribution in [0.1, 0.15) is 18.9 Å². The summed E-state index contributed by atoms with van der Waals surface area (Å²) in [6.45, 7) is 1.66. The van der Waals surface area contributed by atoms with Crippen LogP contribution in [0.15, 0.2) is 18.2 Å². The van der Waals surface area contributed by atoms with Crippen molar-refractivity contribution in [2.45, 2.75) is 19.4 Å². The summed E-state index contributed by atoms with van der Waals surface area (Å²) in [4.78, 5) is 1.61. The van der Waals surface area contributed by atoms with Gasteiger partial charge in [-0.1, -0.05) is 0 Å². The fourth-order valence-corrected chi connectivity index (χ4v) is 1.43. The molecule has 90 valence electrons. The molecule has 0 bridgehead atoms. The molecule has 0 fully saturated rings. The Morgan fingerprint density at radius 2 is 2.06 bits per heavy atom. The molecule has 1 atom stereocenters. The summed E-state index contributed by atoms with van der Waals surface area (Å²) >= 11 is 0. The molecule has 1 aromatic rings. The van der Waals surface area contributed by atoms with Gasteiger partial charge in [-0.25, -0.2) is 8.78 Å². The van der Waals surface area contributed by atoms with Crippen molar-refractivity contribution in [2.75, 3.05) is 24.3 Å². The highest BCUT2D eigenvalue weighted by atomic mass is 19.3. The van der Waals surface area contributed by atoms with Gasteiger partial charge in [-0.2, -0.15) is 0 Å². The van der Waals surface area contributed by atoms with Gasteiger partial charge in [0.25, 0.3) is 6.43 Å². The zero-order chi connectivity index (χ0) is 12.3. The van der Waals surface area contributed by atoms with Crippen molar-refractivity contribution >= 4 is 11.4 Å². The minimum absolute atomic E-state index is 0.0937. The van der Waals surface area contributed by atoms with Crippen LogP contribution in [0.4, 0.5) is 20.2 Å². The number of anilines is 2. The van der Waals surface area contributed by atoms with Crippen molar-refractivity contribution in [1.82, 2.24) is 0 Å². The standard InChI is InChI=1S/C11H16F2N2O/c1-7(6-16)15(2)10-4-3-8(14)5-9(10)11(12)13/h3-5,7,11,16H,6,14H2,1-2H3. The molecule has 5 heteroatoms. The highest BCUT2D eigenvalue weighted by molar-refractivity contribution is 5.60. The van der Waals surface area contributed by atoms with Gasteiger partial charge < -0.3 is 15.7 Å². The summed E-state index contributed by atoms with van der Waals surface area (Å²) in [5.74, 6) is 0. The lowest BCUT2D eigenvalue weighted by Crippen LogP contribution is -2.32. The molecular formula is C11H16F2N2O. The van der Waals surface area contributed by atoms with Crippen LogP contribution in [0.5, 0.6) is 0 Å². The number of hydrogen-bond acceptors (Lipinski definition) is 3. The van der Waals surface area contributed by atoms with Gasteiger partial charge in [0.1, 0.15) is 0 Å². The first kappa shape index (κ1) is 12.7. The summed E-state index contributed by atoms with van der Waals surface area (Å²) in [5.41, 5.74) is 6.07. The summed E-state index contributed by atoms with van der Waals surface area (Å²) in [6.07, 6.45) is -2.58. The summed E-state index contributed by atoms with van der Waals surface area (Å²) < 4.78 is 25.6. The number of alkyl halides is 2. The quantitative estimate of drug-likeness (QED) is 0.778. The van der Waals surface area contributed by atoms with Crippen molar-refractivity contribution in [3.63, 3.8) is 0 Å². The first-order valence-electron chi connectivity index (χ1n) is 4.98. The number of rotatable bonds is 4. The van der Waals surface area contributed by atoms with E-state index in [1.54, 1.807) is 31.0 Å². The monoisotopic (exact) mass is 230 g/mol. The molecule has 16 heavy (non-hydrogen) atoms. The second-order valence-corrected chi connectivity index (χ2v) is 3.76. The molecule has 1 unspecified atom stereocenters. The van der Waals surface area contributed by atoms with Crippen molar-refractivity contribution in [2.24, 2.45) is 0 Å². The van der Waals surface area contributed by atoms with E-state index in [1.165, 1.54) is 6.07 Å². The maximum Gasteiger partial charge on any atom is 0.265 e. The maximum absolute atomic E-state index is 12.8. The average Bonchev–Trinajstić information content (AvgIpc) is 2.26. The number of benzene rings is 1. The molecule has 1 aromatic carbocycles. The first-order valence-corrected chi connectivity index (χ1v) is 4.98. The maximum atomic E-state index is 12.8. The summed E-state index contributed by atoms with van der Waals surface area (Å²) in [5, 5.41) is 9.00. The fourth-order valence-electron chi connectivity index (χ4n) is 1.43. The molecule has 0 saturated carbocycles. The Hall–Kier alpha value is -1.36. The Morgan fingerprint density at radius 1 is 1.44 bits per heavy atom. The van der Waals surface area contributed by atoms with Gasteiger partial charge in [-0.3, -0.25) is 0 Å². The first-order chi connectivity index (χ1) is 7.47. The number of nitrogens with two attached hydrogens (primary N) is 1. The minimum atomic E-state index is -2.58. The molecule has 3 N–H and O–H groups in total. The largest absolute Gasteiger partial charge is 0.399 e. The highest BCUT2D eigenvalue weighted by Crippen LogP contribution is 2.31. The lowest BCUT2D eigenvalue weighted by molar-refractivity contribution is 0.151. The number of hydrogen-bond donors (Lipinski definition) is 2. The van der Waals surface area contributed by atoms with E-state index in [4.69, 9.17) is 10.8 Å². The van der Waals surface area contributed by atoms with E-state index >= 15 is 0 Å². The Balaban J connectivity index is 3.12. The SMILES string of the molecule is CC(CO)N(C)c1ccc(N)cc1C(F)F. The molecule has 0 spiro atoms. The van der Waals surface area contributed by atoms with Crippen LogP contribution in [0.25, 0.3) is 0 Å². The Labute approximate surface area is 93.5 Å². The van der Waals surface area contributed by atoms with E-state index in [0.29, 0.717) is 11.4 Å². The topological polar surface area (TPSA) is 49.5 Å². The van der Waals surface area contributed by atoms with Crippen LogP contribution in [0.3, 0.4) is 0 Å². The van der Waals surface area contributed by atoms with Crippen molar-refractivity contribution in [3.8, 4) is 0 Å². The van der Waals surface area contributed by atoms with E-state index in [1.807, 2.05) is 0 Å². The van der Waals surface area contributed by atoms with Crippen LogP contribution in [0, 0.1) is 0 Å². The van der Waals surface area contributed by atoms with Gasteiger partial charge >= 0.3 is 0 Å². The number of halogens is 2. The molecule has 0 heterocycles. The molecule has 3 nitrogen and oxygen atoms in total. The third-order valence-electron chi connectivity index (χ3n) is 2.59. The molecule has 0 aliphatic heterocycles. The zero-order valence-corrected chi connectivity index (χ0v) is 9.32. The molecule has 0 radical (unpaired) electrons. The second-order valence-electron chi connectivity index (χ2n) is 3.76. The molecule has 0 aliphatic rings. The van der Waals surface area contributed by atoms with Gasteiger partial charge in [0.15, 0.2) is 0 Å². The normalized spacial score (nSPS) is 12.9. The van der Waals surface area contributed by atoms with E-state index in [0.717, 1.165) is 0 Å². The van der Waals surface area contributed by atoms with E-state index in [2.05, 4.69) is 0 Å². The smallest absolute Gasteiger partial charge is 0.265 e. The van der Waals surface area contributed by atoms with Crippen LogP contribution in [0.2, 0.25) is 0 Å². The Kier molecular flexibility index (Phi) is 4.06. The molecule has 1 rings (SSSR count). The van der Waals surface area contributed by atoms with Gasteiger partial charge in [0.2, 0.25) is 0 Å². The van der Waals surface area contributed by atoms with Crippen LogP contribution in [-0.2, 0) is 0 Å².